The number of carbonyl (C=O) groups is 2. The van der Waals surface area contributed by atoms with Crippen molar-refractivity contribution in [2.24, 2.45) is 0 Å². The molecule has 0 unspecified atom stereocenters. The molecule has 1 aromatic carbocycles. The lowest BCUT2D eigenvalue weighted by molar-refractivity contribution is -0.156. The van der Waals surface area contributed by atoms with E-state index in [1.807, 2.05) is 13.8 Å². The van der Waals surface area contributed by atoms with Crippen molar-refractivity contribution in [3.8, 4) is 5.75 Å². The van der Waals surface area contributed by atoms with Gasteiger partial charge in [-0.15, -0.1) is 0 Å². The first kappa shape index (κ1) is 20.5. The van der Waals surface area contributed by atoms with Crippen LogP contribution in [0.2, 0.25) is 5.02 Å². The number of hydrogen-bond donors (Lipinski definition) is 1. The molecule has 9 heteroatoms. The highest BCUT2D eigenvalue weighted by molar-refractivity contribution is 7.91. The van der Waals surface area contributed by atoms with Crippen LogP contribution in [-0.2, 0) is 24.2 Å². The van der Waals surface area contributed by atoms with Crippen molar-refractivity contribution >= 4 is 33.3 Å². The van der Waals surface area contributed by atoms with Crippen LogP contribution in [-0.4, -0.2) is 50.6 Å². The molecule has 1 aromatic rings. The van der Waals surface area contributed by atoms with Gasteiger partial charge in [-0.1, -0.05) is 11.6 Å². The van der Waals surface area contributed by atoms with Gasteiger partial charge in [-0.2, -0.15) is 0 Å². The van der Waals surface area contributed by atoms with E-state index in [0.717, 1.165) is 11.1 Å². The van der Waals surface area contributed by atoms with E-state index in [0.29, 0.717) is 17.2 Å². The standard InChI is InChI=1S/C17H22ClNO6S/c1-10-6-13(18)7-11(2)16(10)24-8-15(20)25-12(3)17(21)19-14-4-5-26(22,23)9-14/h6-7,12,14H,4-5,8-9H2,1-3H3,(H,19,21)/t12-,14-/m0/s1. The lowest BCUT2D eigenvalue weighted by atomic mass is 10.1. The summed E-state index contributed by atoms with van der Waals surface area (Å²) < 4.78 is 33.3. The number of ether oxygens (including phenoxy) is 2. The lowest BCUT2D eigenvalue weighted by Crippen LogP contribution is -2.43. The maximum atomic E-state index is 12.0. The van der Waals surface area contributed by atoms with Crippen LogP contribution in [0.15, 0.2) is 12.1 Å². The fourth-order valence-corrected chi connectivity index (χ4v) is 4.77. The Morgan fingerprint density at radius 1 is 1.31 bits per heavy atom. The van der Waals surface area contributed by atoms with Gasteiger partial charge in [0.1, 0.15) is 5.75 Å². The van der Waals surface area contributed by atoms with E-state index >= 15 is 0 Å². The predicted octanol–water partition coefficient (Wildman–Crippen LogP) is 1.57. The van der Waals surface area contributed by atoms with Gasteiger partial charge in [-0.25, -0.2) is 13.2 Å². The van der Waals surface area contributed by atoms with Crippen molar-refractivity contribution in [1.29, 1.82) is 0 Å². The van der Waals surface area contributed by atoms with E-state index in [4.69, 9.17) is 21.1 Å². The molecule has 1 aliphatic heterocycles. The summed E-state index contributed by atoms with van der Waals surface area (Å²) in [7, 11) is -3.09. The Kier molecular flexibility index (Phi) is 6.52. The molecule has 0 radical (unpaired) electrons. The second kappa shape index (κ2) is 8.26. The zero-order chi connectivity index (χ0) is 19.5. The molecule has 1 amide bonds. The number of sulfone groups is 1. The molecule has 1 saturated heterocycles. The number of carbonyl (C=O) groups excluding carboxylic acids is 2. The molecule has 0 bridgehead atoms. The molecule has 0 aliphatic carbocycles. The van der Waals surface area contributed by atoms with Crippen molar-refractivity contribution in [2.75, 3.05) is 18.1 Å². The van der Waals surface area contributed by atoms with Gasteiger partial charge in [0, 0.05) is 11.1 Å². The van der Waals surface area contributed by atoms with Gasteiger partial charge >= 0.3 is 5.97 Å². The van der Waals surface area contributed by atoms with Crippen LogP contribution < -0.4 is 10.1 Å². The molecule has 0 aromatic heterocycles. The quantitative estimate of drug-likeness (QED) is 0.724. The van der Waals surface area contributed by atoms with Crippen LogP contribution in [0.1, 0.15) is 24.5 Å². The van der Waals surface area contributed by atoms with Gasteiger partial charge in [-0.3, -0.25) is 4.79 Å². The number of nitrogens with one attached hydrogen (secondary N) is 1. The normalized spacial score (nSPS) is 19.6. The van der Waals surface area contributed by atoms with E-state index in [1.165, 1.54) is 6.92 Å². The van der Waals surface area contributed by atoms with Gasteiger partial charge in [-0.05, 0) is 50.5 Å². The number of benzene rings is 1. The Morgan fingerprint density at radius 3 is 2.46 bits per heavy atom. The fourth-order valence-electron chi connectivity index (χ4n) is 2.77. The third kappa shape index (κ3) is 5.60. The van der Waals surface area contributed by atoms with Crippen LogP contribution >= 0.6 is 11.6 Å². The minimum absolute atomic E-state index is 0.0553. The fraction of sp³-hybridized carbons (Fsp3) is 0.529. The third-order valence-electron chi connectivity index (χ3n) is 4.02. The second-order valence-electron chi connectivity index (χ2n) is 6.40. The second-order valence-corrected chi connectivity index (χ2v) is 9.06. The Bertz CT molecular complexity index is 784. The van der Waals surface area contributed by atoms with Gasteiger partial charge in [0.2, 0.25) is 0 Å². The maximum absolute atomic E-state index is 12.0. The number of rotatable bonds is 6. The molecule has 2 rings (SSSR count). The maximum Gasteiger partial charge on any atom is 0.344 e. The van der Waals surface area contributed by atoms with Crippen molar-refractivity contribution in [3.05, 3.63) is 28.3 Å². The van der Waals surface area contributed by atoms with E-state index in [2.05, 4.69) is 5.32 Å². The van der Waals surface area contributed by atoms with Crippen molar-refractivity contribution in [3.63, 3.8) is 0 Å². The monoisotopic (exact) mass is 403 g/mol. The van der Waals surface area contributed by atoms with E-state index in [1.54, 1.807) is 12.1 Å². The number of hydrogen-bond acceptors (Lipinski definition) is 6. The minimum Gasteiger partial charge on any atom is -0.481 e. The summed E-state index contributed by atoms with van der Waals surface area (Å²) >= 11 is 5.95. The SMILES string of the molecule is Cc1cc(Cl)cc(C)c1OCC(=O)O[C@@H](C)C(=O)N[C@H]1CCS(=O)(=O)C1. The molecular formula is C17H22ClNO6S. The Labute approximate surface area is 157 Å². The highest BCUT2D eigenvalue weighted by Crippen LogP contribution is 2.27. The topological polar surface area (TPSA) is 98.8 Å². The first-order valence-corrected chi connectivity index (χ1v) is 10.4. The van der Waals surface area contributed by atoms with Gasteiger partial charge in [0.25, 0.3) is 5.91 Å². The summed E-state index contributed by atoms with van der Waals surface area (Å²) in [5.41, 5.74) is 1.58. The highest BCUT2D eigenvalue weighted by atomic mass is 35.5. The van der Waals surface area contributed by atoms with Crippen LogP contribution in [0.4, 0.5) is 0 Å². The molecule has 144 valence electrons. The smallest absolute Gasteiger partial charge is 0.344 e. The summed E-state index contributed by atoms with van der Waals surface area (Å²) in [6, 6.07) is 3.01. The molecule has 1 heterocycles. The summed E-state index contributed by atoms with van der Waals surface area (Å²) in [6.45, 7) is 4.70. The highest BCUT2D eigenvalue weighted by Gasteiger charge is 2.30. The molecule has 1 fully saturated rings. The van der Waals surface area contributed by atoms with Gasteiger partial charge < -0.3 is 14.8 Å². The molecule has 2 atom stereocenters. The number of halogens is 1. The predicted molar refractivity (Wildman–Crippen MR) is 97.2 cm³/mol. The van der Waals surface area contributed by atoms with Crippen LogP contribution in [0.3, 0.4) is 0 Å². The lowest BCUT2D eigenvalue weighted by Gasteiger charge is -2.17. The molecule has 1 N–H and O–H groups in total. The first-order chi connectivity index (χ1) is 12.1. The Morgan fingerprint density at radius 2 is 1.92 bits per heavy atom. The summed E-state index contributed by atoms with van der Waals surface area (Å²) in [6.07, 6.45) is -0.672. The van der Waals surface area contributed by atoms with Gasteiger partial charge in [0.05, 0.1) is 11.5 Å². The zero-order valence-corrected chi connectivity index (χ0v) is 16.4. The van der Waals surface area contributed by atoms with E-state index < -0.39 is 33.9 Å². The van der Waals surface area contributed by atoms with E-state index in [-0.39, 0.29) is 18.1 Å². The molecule has 26 heavy (non-hydrogen) atoms. The first-order valence-electron chi connectivity index (χ1n) is 8.17. The molecule has 7 nitrogen and oxygen atoms in total. The van der Waals surface area contributed by atoms with Crippen molar-refractivity contribution in [1.82, 2.24) is 5.32 Å². The Hall–Kier alpha value is -1.80. The molecule has 1 aliphatic rings. The van der Waals surface area contributed by atoms with Crippen LogP contribution in [0.25, 0.3) is 0 Å². The van der Waals surface area contributed by atoms with Crippen molar-refractivity contribution in [2.45, 2.75) is 39.3 Å². The van der Waals surface area contributed by atoms with Crippen LogP contribution in [0, 0.1) is 13.8 Å². The average Bonchev–Trinajstić information content (AvgIpc) is 2.84. The average molecular weight is 404 g/mol. The molecule has 0 spiro atoms. The summed E-state index contributed by atoms with van der Waals surface area (Å²) in [5.74, 6) is -0.712. The third-order valence-corrected chi connectivity index (χ3v) is 6.00. The molecule has 0 saturated carbocycles. The zero-order valence-electron chi connectivity index (χ0n) is 14.9. The van der Waals surface area contributed by atoms with E-state index in [9.17, 15) is 18.0 Å². The minimum atomic E-state index is -3.09. The number of aryl methyl sites for hydroxylation is 2. The summed E-state index contributed by atoms with van der Waals surface area (Å²) in [5, 5.41) is 3.16. The van der Waals surface area contributed by atoms with Gasteiger partial charge in [0.15, 0.2) is 22.5 Å². The number of esters is 1. The Balaban J connectivity index is 1.83. The summed E-state index contributed by atoms with van der Waals surface area (Å²) in [4.78, 5) is 23.9. The van der Waals surface area contributed by atoms with Crippen molar-refractivity contribution < 1.29 is 27.5 Å². The van der Waals surface area contributed by atoms with Crippen LogP contribution in [0.5, 0.6) is 5.75 Å². The largest absolute Gasteiger partial charge is 0.481 e. The molecular weight excluding hydrogens is 382 g/mol. The number of amides is 1.